The summed E-state index contributed by atoms with van der Waals surface area (Å²) in [5, 5.41) is 11.2. The molecule has 0 amide bonds. The predicted octanol–water partition coefficient (Wildman–Crippen LogP) is 3.15. The van der Waals surface area contributed by atoms with Crippen LogP contribution < -0.4 is 11.1 Å². The summed E-state index contributed by atoms with van der Waals surface area (Å²) in [4.78, 5) is 6.02. The Hall–Kier alpha value is -2.27. The molecule has 6 rings (SSSR count). The van der Waals surface area contributed by atoms with Crippen molar-refractivity contribution in [3.05, 3.63) is 35.2 Å². The number of nitrogen functional groups attached to an aromatic ring is 1. The molecule has 1 saturated heterocycles. The Morgan fingerprint density at radius 1 is 1.33 bits per heavy atom. The van der Waals surface area contributed by atoms with Crippen molar-refractivity contribution in [1.29, 1.82) is 5.41 Å². The SMILES string of the molecule is N=C(/C=C(\NCC(F)F)[C@]12C3C(N4CCCOCC4)C[C@@H]1[C@H]32)c1cnc(N)c(C(F)(F)F)c1. The molecule has 5 atom stereocenters. The van der Waals surface area contributed by atoms with Crippen LogP contribution in [0, 0.1) is 28.6 Å². The fourth-order valence-corrected chi connectivity index (χ4v) is 6.29. The van der Waals surface area contributed by atoms with Gasteiger partial charge in [0.05, 0.1) is 24.4 Å². The van der Waals surface area contributed by atoms with Crippen molar-refractivity contribution in [2.75, 3.05) is 38.6 Å². The summed E-state index contributed by atoms with van der Waals surface area (Å²) >= 11 is 0. The number of anilines is 1. The maximum absolute atomic E-state index is 13.2. The zero-order valence-corrected chi connectivity index (χ0v) is 17.8. The monoisotopic (exact) mass is 471 g/mol. The number of aromatic nitrogens is 1. The van der Waals surface area contributed by atoms with E-state index in [1.165, 1.54) is 6.08 Å². The highest BCUT2D eigenvalue weighted by atomic mass is 19.4. The largest absolute Gasteiger partial charge is 0.419 e. The Bertz CT molecular complexity index is 968. The quantitative estimate of drug-likeness (QED) is 0.420. The number of allylic oxidation sites excluding steroid dienone is 2. The fourth-order valence-electron chi connectivity index (χ4n) is 6.29. The van der Waals surface area contributed by atoms with Gasteiger partial charge in [-0.1, -0.05) is 0 Å². The van der Waals surface area contributed by atoms with E-state index < -0.39 is 30.5 Å². The van der Waals surface area contributed by atoms with Gasteiger partial charge in [0.15, 0.2) is 0 Å². The van der Waals surface area contributed by atoms with Crippen LogP contribution in [0.5, 0.6) is 0 Å². The minimum absolute atomic E-state index is 0.0596. The van der Waals surface area contributed by atoms with Crippen LogP contribution in [-0.2, 0) is 10.9 Å². The molecule has 5 fully saturated rings. The van der Waals surface area contributed by atoms with E-state index in [2.05, 4.69) is 15.2 Å². The highest BCUT2D eigenvalue weighted by Gasteiger charge is 2.93. The van der Waals surface area contributed by atoms with Crippen LogP contribution in [0.4, 0.5) is 27.8 Å². The van der Waals surface area contributed by atoms with E-state index in [4.69, 9.17) is 15.9 Å². The highest BCUT2D eigenvalue weighted by Crippen LogP contribution is 2.93. The second-order valence-electron chi connectivity index (χ2n) is 9.29. The molecule has 4 saturated carbocycles. The molecule has 4 N–H and O–H groups in total. The average Bonchev–Trinajstić information content (AvgIpc) is 3.55. The van der Waals surface area contributed by atoms with Crippen LogP contribution >= 0.6 is 0 Å². The van der Waals surface area contributed by atoms with Crippen molar-refractivity contribution >= 4 is 11.5 Å². The van der Waals surface area contributed by atoms with E-state index in [1.54, 1.807) is 0 Å². The summed E-state index contributed by atoms with van der Waals surface area (Å²) in [7, 11) is 0. The number of pyridine rings is 1. The third-order valence-corrected chi connectivity index (χ3v) is 7.69. The normalized spacial score (nSPS) is 33.6. The molecular formula is C22H26F5N5O. The molecule has 2 bridgehead atoms. The number of nitrogens with one attached hydrogen (secondary N) is 2. The van der Waals surface area contributed by atoms with Crippen molar-refractivity contribution in [2.45, 2.75) is 31.5 Å². The molecule has 6 nitrogen and oxygen atoms in total. The first-order chi connectivity index (χ1) is 15.7. The van der Waals surface area contributed by atoms with Crippen molar-refractivity contribution in [3.63, 3.8) is 0 Å². The van der Waals surface area contributed by atoms with Crippen molar-refractivity contribution in [1.82, 2.24) is 15.2 Å². The molecule has 0 spiro atoms. The number of alkyl halides is 5. The summed E-state index contributed by atoms with van der Waals surface area (Å²) in [6.07, 6.45) is -2.84. The minimum Gasteiger partial charge on any atom is -0.383 e. The van der Waals surface area contributed by atoms with E-state index in [1.807, 2.05) is 0 Å². The van der Waals surface area contributed by atoms with Gasteiger partial charge in [0.2, 0.25) is 0 Å². The lowest BCUT2D eigenvalue weighted by atomic mass is 9.98. The summed E-state index contributed by atoms with van der Waals surface area (Å²) in [5.74, 6) is 0.395. The van der Waals surface area contributed by atoms with Gasteiger partial charge in [-0.2, -0.15) is 13.2 Å². The zero-order valence-electron chi connectivity index (χ0n) is 17.8. The van der Waals surface area contributed by atoms with Crippen molar-refractivity contribution in [3.8, 4) is 0 Å². The van der Waals surface area contributed by atoms with Crippen LogP contribution in [-0.4, -0.2) is 60.9 Å². The molecule has 33 heavy (non-hydrogen) atoms. The lowest BCUT2D eigenvalue weighted by Crippen LogP contribution is -2.37. The number of nitrogens with two attached hydrogens (primary N) is 1. The van der Waals surface area contributed by atoms with Crippen molar-refractivity contribution in [2.24, 2.45) is 23.2 Å². The first-order valence-electron chi connectivity index (χ1n) is 11.1. The van der Waals surface area contributed by atoms with E-state index in [0.717, 1.165) is 44.8 Å². The molecular weight excluding hydrogens is 445 g/mol. The Morgan fingerprint density at radius 3 is 2.82 bits per heavy atom. The highest BCUT2D eigenvalue weighted by molar-refractivity contribution is 6.07. The molecule has 4 aliphatic carbocycles. The topological polar surface area (TPSA) is 87.3 Å². The third-order valence-electron chi connectivity index (χ3n) is 7.69. The molecule has 5 aliphatic rings. The van der Waals surface area contributed by atoms with Crippen LogP contribution in [0.1, 0.15) is 24.0 Å². The molecule has 180 valence electrons. The summed E-state index contributed by atoms with van der Waals surface area (Å²) in [5.41, 5.74) is 4.24. The number of hydrogen-bond acceptors (Lipinski definition) is 6. The van der Waals surface area contributed by atoms with E-state index in [9.17, 15) is 22.0 Å². The zero-order chi connectivity index (χ0) is 23.5. The lowest BCUT2D eigenvalue weighted by Gasteiger charge is -2.27. The predicted molar refractivity (Wildman–Crippen MR) is 111 cm³/mol. The number of halogens is 5. The molecule has 0 aromatic carbocycles. The molecule has 2 heterocycles. The Labute approximate surface area is 187 Å². The van der Waals surface area contributed by atoms with Gasteiger partial charge in [-0.05, 0) is 42.7 Å². The first-order valence-corrected chi connectivity index (χ1v) is 11.1. The smallest absolute Gasteiger partial charge is 0.383 e. The van der Waals surface area contributed by atoms with Gasteiger partial charge in [-0.15, -0.1) is 0 Å². The molecule has 2 unspecified atom stereocenters. The second-order valence-corrected chi connectivity index (χ2v) is 9.29. The minimum atomic E-state index is -4.70. The molecule has 11 heteroatoms. The van der Waals surface area contributed by atoms with Crippen LogP contribution in [0.2, 0.25) is 0 Å². The molecule has 1 aromatic rings. The number of ether oxygens (including phenoxy) is 1. The van der Waals surface area contributed by atoms with E-state index in [-0.39, 0.29) is 16.7 Å². The molecule has 1 aliphatic heterocycles. The maximum atomic E-state index is 13.2. The Morgan fingerprint density at radius 2 is 2.12 bits per heavy atom. The Kier molecular flexibility index (Phi) is 5.39. The van der Waals surface area contributed by atoms with Gasteiger partial charge >= 0.3 is 6.18 Å². The Balaban J connectivity index is 1.39. The van der Waals surface area contributed by atoms with Crippen LogP contribution in [0.15, 0.2) is 24.0 Å². The molecule has 1 aromatic heterocycles. The lowest BCUT2D eigenvalue weighted by molar-refractivity contribution is -0.137. The standard InChI is InChI=1S/C22H26F5N5O/c23-17(24)10-30-16(8-14(28)11-6-13(22(25,26)27)20(29)31-9-11)21-12-7-15(19(21)18(12)21)32-2-1-4-33-5-3-32/h6,8-9,12,15,17-19,28,30H,1-5,7,10H2,(H2,29,31)/b16-8-,28-14?/t12-,15?,18-,19?,21-/m1/s1. The number of nitrogens with zero attached hydrogens (tertiary/aromatic N) is 2. The second kappa shape index (κ2) is 7.90. The fraction of sp³-hybridized carbons (Fsp3) is 0.636. The van der Waals surface area contributed by atoms with Crippen LogP contribution in [0.3, 0.4) is 0 Å². The van der Waals surface area contributed by atoms with Gasteiger partial charge in [-0.3, -0.25) is 4.90 Å². The van der Waals surface area contributed by atoms with E-state index in [0.29, 0.717) is 36.1 Å². The number of rotatable bonds is 7. The van der Waals surface area contributed by atoms with Crippen LogP contribution in [0.25, 0.3) is 0 Å². The van der Waals surface area contributed by atoms with Gasteiger partial charge in [-0.25, -0.2) is 13.8 Å². The summed E-state index contributed by atoms with van der Waals surface area (Å²) in [6, 6.07) is 1.14. The number of hydrogen-bond donors (Lipinski definition) is 3. The first kappa shape index (κ1) is 22.5. The van der Waals surface area contributed by atoms with Gasteiger partial charge < -0.3 is 21.2 Å². The van der Waals surface area contributed by atoms with Gasteiger partial charge in [0, 0.05) is 48.6 Å². The summed E-state index contributed by atoms with van der Waals surface area (Å²) in [6.45, 7) is 2.62. The van der Waals surface area contributed by atoms with Gasteiger partial charge in [0.1, 0.15) is 5.82 Å². The van der Waals surface area contributed by atoms with Gasteiger partial charge in [0.25, 0.3) is 6.43 Å². The number of fused-ring (bicyclic) bond motifs is 1. The average molecular weight is 471 g/mol. The van der Waals surface area contributed by atoms with Crippen molar-refractivity contribution < 1.29 is 26.7 Å². The van der Waals surface area contributed by atoms with E-state index >= 15 is 0 Å². The third kappa shape index (κ3) is 3.69. The maximum Gasteiger partial charge on any atom is 0.419 e. The summed E-state index contributed by atoms with van der Waals surface area (Å²) < 4.78 is 71.2. The molecule has 0 radical (unpaired) electrons.